The first-order valence-electron chi connectivity index (χ1n) is 7.68. The van der Waals surface area contributed by atoms with E-state index in [1.807, 2.05) is 50.2 Å². The minimum absolute atomic E-state index is 0.0484. The Balaban J connectivity index is 2.18. The average molecular weight is 324 g/mol. The van der Waals surface area contributed by atoms with Crippen LogP contribution in [0.3, 0.4) is 0 Å². The molecule has 124 valence electrons. The first-order chi connectivity index (χ1) is 11.5. The van der Waals surface area contributed by atoms with Crippen molar-refractivity contribution >= 4 is 17.6 Å². The third-order valence-corrected chi connectivity index (χ3v) is 3.74. The Bertz CT molecular complexity index is 767. The Labute approximate surface area is 141 Å². The molecule has 2 N–H and O–H groups in total. The fourth-order valence-electron chi connectivity index (χ4n) is 2.19. The van der Waals surface area contributed by atoms with Crippen molar-refractivity contribution < 1.29 is 14.7 Å². The molecule has 2 aromatic rings. The largest absolute Gasteiger partial charge is 0.481 e. The highest BCUT2D eigenvalue weighted by Crippen LogP contribution is 2.10. The summed E-state index contributed by atoms with van der Waals surface area (Å²) in [6.45, 7) is 3.92. The van der Waals surface area contributed by atoms with Crippen LogP contribution < -0.4 is 5.43 Å². The molecule has 0 aromatic heterocycles. The van der Waals surface area contributed by atoms with Crippen LogP contribution in [0.4, 0.5) is 0 Å². The molecule has 0 bridgehead atoms. The molecule has 0 unspecified atom stereocenters. The molecule has 0 fully saturated rings. The van der Waals surface area contributed by atoms with Gasteiger partial charge in [-0.05, 0) is 42.7 Å². The van der Waals surface area contributed by atoms with E-state index in [4.69, 9.17) is 5.11 Å². The molecule has 0 atom stereocenters. The van der Waals surface area contributed by atoms with E-state index in [1.165, 1.54) is 0 Å². The second-order valence-corrected chi connectivity index (χ2v) is 5.56. The maximum absolute atomic E-state index is 12.2. The summed E-state index contributed by atoms with van der Waals surface area (Å²) >= 11 is 0. The number of benzene rings is 2. The highest BCUT2D eigenvalue weighted by Gasteiger charge is 2.09. The molecule has 0 saturated carbocycles. The lowest BCUT2D eigenvalue weighted by molar-refractivity contribution is -0.136. The minimum atomic E-state index is -0.904. The molecule has 0 saturated heterocycles. The topological polar surface area (TPSA) is 78.8 Å². The van der Waals surface area contributed by atoms with Crippen molar-refractivity contribution in [1.29, 1.82) is 0 Å². The van der Waals surface area contributed by atoms with Crippen molar-refractivity contribution in [2.24, 2.45) is 5.10 Å². The van der Waals surface area contributed by atoms with Gasteiger partial charge in [0.1, 0.15) is 0 Å². The lowest BCUT2D eigenvalue weighted by Gasteiger charge is -2.07. The second-order valence-electron chi connectivity index (χ2n) is 5.56. The number of aliphatic carboxylic acids is 1. The van der Waals surface area contributed by atoms with E-state index < -0.39 is 5.97 Å². The van der Waals surface area contributed by atoms with E-state index in [2.05, 4.69) is 10.5 Å². The Kier molecular flexibility index (Phi) is 5.84. The number of rotatable bonds is 6. The molecule has 0 aliphatic carbocycles. The van der Waals surface area contributed by atoms with E-state index >= 15 is 0 Å². The zero-order chi connectivity index (χ0) is 17.5. The number of amides is 1. The number of carboxylic acids is 1. The van der Waals surface area contributed by atoms with Crippen molar-refractivity contribution in [3.63, 3.8) is 0 Å². The predicted octanol–water partition coefficient (Wildman–Crippen LogP) is 3.30. The Hall–Kier alpha value is -2.95. The fraction of sp³-hybridized carbons (Fsp3) is 0.211. The summed E-state index contributed by atoms with van der Waals surface area (Å²) in [5.74, 6) is -1.22. The van der Waals surface area contributed by atoms with Crippen LogP contribution >= 0.6 is 0 Å². The molecule has 0 aliphatic heterocycles. The van der Waals surface area contributed by atoms with Gasteiger partial charge in [-0.2, -0.15) is 5.10 Å². The van der Waals surface area contributed by atoms with Gasteiger partial charge < -0.3 is 5.11 Å². The quantitative estimate of drug-likeness (QED) is 0.632. The second kappa shape index (κ2) is 8.06. The number of aryl methyl sites for hydroxylation is 2. The van der Waals surface area contributed by atoms with Gasteiger partial charge in [0.2, 0.25) is 0 Å². The fourth-order valence-corrected chi connectivity index (χ4v) is 2.19. The van der Waals surface area contributed by atoms with Crippen LogP contribution in [0.1, 0.15) is 39.9 Å². The normalized spacial score (nSPS) is 11.2. The summed E-state index contributed by atoms with van der Waals surface area (Å²) in [6.07, 6.45) is 0.194. The van der Waals surface area contributed by atoms with Gasteiger partial charge in [-0.1, -0.05) is 36.4 Å². The molecule has 5 heteroatoms. The van der Waals surface area contributed by atoms with Crippen LogP contribution in [0, 0.1) is 13.8 Å². The predicted molar refractivity (Wildman–Crippen MR) is 93.2 cm³/mol. The summed E-state index contributed by atoms with van der Waals surface area (Å²) in [7, 11) is 0. The van der Waals surface area contributed by atoms with Crippen molar-refractivity contribution in [3.05, 3.63) is 70.8 Å². The van der Waals surface area contributed by atoms with Crippen molar-refractivity contribution in [3.8, 4) is 0 Å². The Morgan fingerprint density at radius 1 is 0.958 bits per heavy atom. The van der Waals surface area contributed by atoms with Gasteiger partial charge in [0.15, 0.2) is 0 Å². The zero-order valence-corrected chi connectivity index (χ0v) is 13.7. The zero-order valence-electron chi connectivity index (χ0n) is 13.7. The maximum Gasteiger partial charge on any atom is 0.303 e. The molecule has 5 nitrogen and oxygen atoms in total. The summed E-state index contributed by atoms with van der Waals surface area (Å²) in [5.41, 5.74) is 6.51. The average Bonchev–Trinajstić information content (AvgIpc) is 2.57. The van der Waals surface area contributed by atoms with E-state index in [0.717, 1.165) is 16.7 Å². The van der Waals surface area contributed by atoms with Gasteiger partial charge in [0.25, 0.3) is 5.91 Å². The Morgan fingerprint density at radius 2 is 1.67 bits per heavy atom. The summed E-state index contributed by atoms with van der Waals surface area (Å²) in [5, 5.41) is 13.0. The first-order valence-corrected chi connectivity index (χ1v) is 7.68. The highest BCUT2D eigenvalue weighted by atomic mass is 16.4. The van der Waals surface area contributed by atoms with Gasteiger partial charge in [-0.3, -0.25) is 9.59 Å². The van der Waals surface area contributed by atoms with E-state index in [1.54, 1.807) is 12.1 Å². The summed E-state index contributed by atoms with van der Waals surface area (Å²) in [6, 6.07) is 14.7. The van der Waals surface area contributed by atoms with Gasteiger partial charge in [0, 0.05) is 12.0 Å². The molecule has 0 spiro atoms. The monoisotopic (exact) mass is 324 g/mol. The third-order valence-electron chi connectivity index (χ3n) is 3.74. The van der Waals surface area contributed by atoms with Crippen molar-refractivity contribution in [2.75, 3.05) is 0 Å². The lowest BCUT2D eigenvalue weighted by Crippen LogP contribution is -2.20. The first kappa shape index (κ1) is 17.4. The molecule has 2 aromatic carbocycles. The number of carboxylic acid groups (broad SMARTS) is 1. The Morgan fingerprint density at radius 3 is 2.29 bits per heavy atom. The smallest absolute Gasteiger partial charge is 0.303 e. The van der Waals surface area contributed by atoms with Crippen LogP contribution in [0.15, 0.2) is 53.6 Å². The van der Waals surface area contributed by atoms with E-state index in [9.17, 15) is 9.59 Å². The summed E-state index contributed by atoms with van der Waals surface area (Å²) in [4.78, 5) is 23.1. The number of nitrogens with zero attached hydrogens (tertiary/aromatic N) is 1. The van der Waals surface area contributed by atoms with Crippen LogP contribution in [-0.4, -0.2) is 22.7 Å². The number of carbonyl (C=O) groups is 2. The third kappa shape index (κ3) is 4.78. The van der Waals surface area contributed by atoms with Gasteiger partial charge in [0.05, 0.1) is 12.1 Å². The molecule has 0 heterocycles. The van der Waals surface area contributed by atoms with Crippen LogP contribution in [-0.2, 0) is 4.79 Å². The van der Waals surface area contributed by atoms with Gasteiger partial charge in [-0.15, -0.1) is 0 Å². The molecular weight excluding hydrogens is 304 g/mol. The molecule has 0 radical (unpaired) electrons. The molecule has 2 rings (SSSR count). The van der Waals surface area contributed by atoms with Crippen LogP contribution in [0.2, 0.25) is 0 Å². The van der Waals surface area contributed by atoms with Crippen molar-refractivity contribution in [1.82, 2.24) is 5.43 Å². The van der Waals surface area contributed by atoms with E-state index in [0.29, 0.717) is 11.3 Å². The molecular formula is C19H20N2O3. The van der Waals surface area contributed by atoms with Gasteiger partial charge in [-0.25, -0.2) is 5.43 Å². The molecule has 24 heavy (non-hydrogen) atoms. The summed E-state index contributed by atoms with van der Waals surface area (Å²) < 4.78 is 0. The lowest BCUT2D eigenvalue weighted by atomic mass is 10.1. The molecule has 1 amide bonds. The number of carbonyl (C=O) groups excluding carboxylic acids is 1. The molecule has 0 aliphatic rings. The van der Waals surface area contributed by atoms with Crippen LogP contribution in [0.25, 0.3) is 0 Å². The van der Waals surface area contributed by atoms with E-state index in [-0.39, 0.29) is 18.7 Å². The standard InChI is InChI=1S/C19H20N2O3/c1-13-8-9-16(12-14(13)2)19(24)21-20-17(10-11-18(22)23)15-6-4-3-5-7-15/h3-9,12H,10-11H2,1-2H3,(H,21,24)(H,22,23). The van der Waals surface area contributed by atoms with Crippen LogP contribution in [0.5, 0.6) is 0 Å². The minimum Gasteiger partial charge on any atom is -0.481 e. The number of hydrogen-bond acceptors (Lipinski definition) is 3. The SMILES string of the molecule is Cc1ccc(C(=O)NN=C(CCC(=O)O)c2ccccc2)cc1C. The van der Waals surface area contributed by atoms with Gasteiger partial charge >= 0.3 is 5.97 Å². The number of hydrazone groups is 1. The van der Waals surface area contributed by atoms with Crippen molar-refractivity contribution in [2.45, 2.75) is 26.7 Å². The number of hydrogen-bond donors (Lipinski definition) is 2. The number of nitrogens with one attached hydrogen (secondary N) is 1. The maximum atomic E-state index is 12.2. The highest BCUT2D eigenvalue weighted by molar-refractivity contribution is 6.03.